The van der Waals surface area contributed by atoms with Crippen molar-refractivity contribution in [2.24, 2.45) is 0 Å². The van der Waals surface area contributed by atoms with Crippen molar-refractivity contribution < 1.29 is 9.53 Å². The largest absolute Gasteiger partial charge is 0.496 e. The van der Waals surface area contributed by atoms with Gasteiger partial charge in [0.1, 0.15) is 5.75 Å². The molecule has 1 aromatic heterocycles. The third-order valence-corrected chi connectivity index (χ3v) is 4.76. The van der Waals surface area contributed by atoms with Gasteiger partial charge in [-0.1, -0.05) is 23.1 Å². The summed E-state index contributed by atoms with van der Waals surface area (Å²) in [5, 5.41) is 3.16. The molecule has 1 N–H and O–H groups in total. The fourth-order valence-electron chi connectivity index (χ4n) is 1.63. The number of anilines is 1. The first kappa shape index (κ1) is 13.9. The van der Waals surface area contributed by atoms with Crippen molar-refractivity contribution in [3.05, 3.63) is 29.5 Å². The monoisotopic (exact) mass is 294 g/mol. The number of methoxy groups -OCH3 is 1. The zero-order chi connectivity index (χ0) is 13.8. The topological polar surface area (TPSA) is 51.2 Å². The number of ether oxygens (including phenoxy) is 1. The van der Waals surface area contributed by atoms with E-state index in [1.807, 2.05) is 13.0 Å². The lowest BCUT2D eigenvalue weighted by molar-refractivity contribution is -0.105. The Hall–Kier alpha value is -1.53. The molecule has 19 heavy (non-hydrogen) atoms. The molecule has 2 aromatic rings. The summed E-state index contributed by atoms with van der Waals surface area (Å²) in [6.45, 7) is 4.07. The Morgan fingerprint density at radius 3 is 2.84 bits per heavy atom. The van der Waals surface area contributed by atoms with Crippen LogP contribution in [0.3, 0.4) is 0 Å². The molecule has 2 rings (SSSR count). The highest BCUT2D eigenvalue weighted by atomic mass is 32.2. The van der Waals surface area contributed by atoms with Crippen LogP contribution in [-0.2, 0) is 4.79 Å². The zero-order valence-corrected chi connectivity index (χ0v) is 12.5. The third-order valence-electron chi connectivity index (χ3n) is 2.57. The second-order valence-corrected chi connectivity index (χ2v) is 6.31. The molecule has 0 aliphatic heterocycles. The number of benzene rings is 1. The van der Waals surface area contributed by atoms with Crippen LogP contribution in [0.25, 0.3) is 0 Å². The molecule has 0 radical (unpaired) electrons. The summed E-state index contributed by atoms with van der Waals surface area (Å²) in [5.41, 5.74) is 2.26. The normalized spacial score (nSPS) is 10.3. The van der Waals surface area contributed by atoms with Gasteiger partial charge in [-0.3, -0.25) is 4.79 Å². The predicted octanol–water partition coefficient (Wildman–Crippen LogP) is 3.49. The van der Waals surface area contributed by atoms with Gasteiger partial charge < -0.3 is 10.1 Å². The number of carbonyl (C=O) groups is 1. The molecule has 0 saturated carbocycles. The van der Waals surface area contributed by atoms with Crippen molar-refractivity contribution in [1.29, 1.82) is 0 Å². The Bertz CT molecular complexity index is 596. The number of aryl methyl sites for hydroxylation is 2. The maximum Gasteiger partial charge on any atom is 0.213 e. The standard InChI is InChI=1S/C13H14N2O2S2/c1-8-5-11(9(2)4-10(8)17-3)18-12-6-14-13(19-12)15-7-16/h4-7H,1-3H3,(H,14,15,16). The van der Waals surface area contributed by atoms with Gasteiger partial charge in [-0.05, 0) is 37.1 Å². The van der Waals surface area contributed by atoms with Gasteiger partial charge in [0.2, 0.25) is 6.41 Å². The number of aromatic nitrogens is 1. The number of nitrogens with one attached hydrogen (secondary N) is 1. The van der Waals surface area contributed by atoms with Gasteiger partial charge in [-0.15, -0.1) is 0 Å². The maximum atomic E-state index is 10.3. The number of nitrogens with zero attached hydrogens (tertiary/aromatic N) is 1. The molecule has 0 unspecified atom stereocenters. The summed E-state index contributed by atoms with van der Waals surface area (Å²) < 4.78 is 6.34. The first-order valence-electron chi connectivity index (χ1n) is 5.63. The van der Waals surface area contributed by atoms with Crippen LogP contribution in [0.15, 0.2) is 27.4 Å². The van der Waals surface area contributed by atoms with Gasteiger partial charge in [0.25, 0.3) is 0 Å². The number of hydrogen-bond donors (Lipinski definition) is 1. The van der Waals surface area contributed by atoms with E-state index in [0.29, 0.717) is 11.5 Å². The summed E-state index contributed by atoms with van der Waals surface area (Å²) >= 11 is 3.09. The number of thiazole rings is 1. The Balaban J connectivity index is 2.22. The van der Waals surface area contributed by atoms with Crippen molar-refractivity contribution in [3.63, 3.8) is 0 Å². The first-order chi connectivity index (χ1) is 9.13. The molecular formula is C13H14N2O2S2. The first-order valence-corrected chi connectivity index (χ1v) is 7.26. The van der Waals surface area contributed by atoms with E-state index in [9.17, 15) is 4.79 Å². The van der Waals surface area contributed by atoms with E-state index < -0.39 is 0 Å². The third kappa shape index (κ3) is 3.27. The van der Waals surface area contributed by atoms with Crippen LogP contribution < -0.4 is 10.1 Å². The number of rotatable bonds is 5. The average Bonchev–Trinajstić information content (AvgIpc) is 2.81. The highest BCUT2D eigenvalue weighted by Crippen LogP contribution is 2.37. The van der Waals surface area contributed by atoms with Crippen LogP contribution >= 0.6 is 23.1 Å². The molecule has 1 aromatic carbocycles. The molecule has 1 amide bonds. The van der Waals surface area contributed by atoms with Gasteiger partial charge >= 0.3 is 0 Å². The minimum absolute atomic E-state index is 0.611. The lowest BCUT2D eigenvalue weighted by Crippen LogP contribution is -1.90. The van der Waals surface area contributed by atoms with Crippen molar-refractivity contribution in [1.82, 2.24) is 4.98 Å². The molecule has 1 heterocycles. The maximum absolute atomic E-state index is 10.3. The fourth-order valence-corrected chi connectivity index (χ4v) is 3.58. The Kier molecular flexibility index (Phi) is 4.44. The lowest BCUT2D eigenvalue weighted by atomic mass is 10.1. The van der Waals surface area contributed by atoms with Crippen LogP contribution in [0.2, 0.25) is 0 Å². The van der Waals surface area contributed by atoms with E-state index in [1.54, 1.807) is 25.1 Å². The van der Waals surface area contributed by atoms with Crippen molar-refractivity contribution >= 4 is 34.6 Å². The smallest absolute Gasteiger partial charge is 0.213 e. The molecule has 100 valence electrons. The molecule has 0 spiro atoms. The average molecular weight is 294 g/mol. The van der Waals surface area contributed by atoms with Gasteiger partial charge in [0, 0.05) is 4.90 Å². The van der Waals surface area contributed by atoms with E-state index >= 15 is 0 Å². The van der Waals surface area contributed by atoms with Gasteiger partial charge in [0.15, 0.2) is 5.13 Å². The van der Waals surface area contributed by atoms with E-state index in [4.69, 9.17) is 4.74 Å². The number of hydrogen-bond acceptors (Lipinski definition) is 5. The predicted molar refractivity (Wildman–Crippen MR) is 78.4 cm³/mol. The second kappa shape index (κ2) is 6.08. The van der Waals surface area contributed by atoms with Crippen molar-refractivity contribution in [2.45, 2.75) is 23.0 Å². The molecule has 0 bridgehead atoms. The fraction of sp³-hybridized carbons (Fsp3) is 0.231. The van der Waals surface area contributed by atoms with Gasteiger partial charge in [0.05, 0.1) is 17.5 Å². The van der Waals surface area contributed by atoms with Crippen molar-refractivity contribution in [3.8, 4) is 5.75 Å². The Morgan fingerprint density at radius 1 is 1.37 bits per heavy atom. The van der Waals surface area contributed by atoms with E-state index in [0.717, 1.165) is 21.1 Å². The molecule has 0 saturated heterocycles. The zero-order valence-electron chi connectivity index (χ0n) is 10.9. The van der Waals surface area contributed by atoms with Crippen LogP contribution in [0.1, 0.15) is 11.1 Å². The van der Waals surface area contributed by atoms with Crippen LogP contribution in [-0.4, -0.2) is 18.5 Å². The molecule has 4 nitrogen and oxygen atoms in total. The number of amides is 1. The second-order valence-electron chi connectivity index (χ2n) is 3.94. The molecular weight excluding hydrogens is 280 g/mol. The summed E-state index contributed by atoms with van der Waals surface area (Å²) in [4.78, 5) is 15.6. The highest BCUT2D eigenvalue weighted by Gasteiger charge is 2.09. The van der Waals surface area contributed by atoms with Crippen LogP contribution in [0.5, 0.6) is 5.75 Å². The minimum Gasteiger partial charge on any atom is -0.496 e. The summed E-state index contributed by atoms with van der Waals surface area (Å²) in [6, 6.07) is 4.13. The van der Waals surface area contributed by atoms with Gasteiger partial charge in [-0.2, -0.15) is 0 Å². The van der Waals surface area contributed by atoms with Gasteiger partial charge in [-0.25, -0.2) is 4.98 Å². The van der Waals surface area contributed by atoms with E-state index in [1.165, 1.54) is 16.2 Å². The summed E-state index contributed by atoms with van der Waals surface area (Å²) in [7, 11) is 1.68. The summed E-state index contributed by atoms with van der Waals surface area (Å²) in [5.74, 6) is 0.898. The molecule has 0 atom stereocenters. The Morgan fingerprint density at radius 2 is 2.16 bits per heavy atom. The Labute approximate surface area is 120 Å². The highest BCUT2D eigenvalue weighted by molar-refractivity contribution is 8.01. The molecule has 0 aliphatic carbocycles. The molecule has 0 aliphatic rings. The number of carbonyl (C=O) groups excluding carboxylic acids is 1. The van der Waals surface area contributed by atoms with E-state index in [-0.39, 0.29) is 0 Å². The molecule has 6 heteroatoms. The van der Waals surface area contributed by atoms with Crippen LogP contribution in [0, 0.1) is 13.8 Å². The SMILES string of the molecule is COc1cc(C)c(Sc2cnc(NC=O)s2)cc1C. The molecule has 0 fully saturated rings. The van der Waals surface area contributed by atoms with Crippen LogP contribution in [0.4, 0.5) is 5.13 Å². The minimum atomic E-state index is 0.611. The summed E-state index contributed by atoms with van der Waals surface area (Å²) in [6.07, 6.45) is 2.40. The van der Waals surface area contributed by atoms with Crippen molar-refractivity contribution in [2.75, 3.05) is 12.4 Å². The van der Waals surface area contributed by atoms with E-state index in [2.05, 4.69) is 23.3 Å². The lowest BCUT2D eigenvalue weighted by Gasteiger charge is -2.09. The quantitative estimate of drug-likeness (QED) is 0.858.